The third kappa shape index (κ3) is 7.59. The number of rotatable bonds is 10. The number of benzene rings is 2. The summed E-state index contributed by atoms with van der Waals surface area (Å²) in [6.45, 7) is 6.90. The molecule has 0 saturated carbocycles. The average molecular weight is 397 g/mol. The van der Waals surface area contributed by atoms with Crippen molar-refractivity contribution in [2.24, 2.45) is 0 Å². The minimum absolute atomic E-state index is 0.257. The minimum Gasteiger partial charge on any atom is -0.508 e. The molecule has 0 spiro atoms. The second-order valence-electron chi connectivity index (χ2n) is 6.59. The van der Waals surface area contributed by atoms with Gasteiger partial charge in [0, 0.05) is 12.2 Å². The molecule has 2 aromatic rings. The molecule has 0 fully saturated rings. The molecule has 0 atom stereocenters. The zero-order chi connectivity index (χ0) is 21.1. The van der Waals surface area contributed by atoms with Crippen molar-refractivity contribution in [1.82, 2.24) is 0 Å². The van der Waals surface area contributed by atoms with Crippen molar-refractivity contribution in [3.63, 3.8) is 0 Å². The second kappa shape index (κ2) is 11.9. The molecule has 0 aliphatic heterocycles. The molecule has 0 aromatic heterocycles. The summed E-state index contributed by atoms with van der Waals surface area (Å²) in [7, 11) is 0. The van der Waals surface area contributed by atoms with Crippen molar-refractivity contribution in [3.05, 3.63) is 95.0 Å². The lowest BCUT2D eigenvalue weighted by molar-refractivity contribution is 0.177. The molecule has 0 aliphatic rings. The number of aryl methyl sites for hydroxylation is 2. The van der Waals surface area contributed by atoms with E-state index in [1.54, 1.807) is 18.2 Å². The molecule has 0 radical (unpaired) electrons. The van der Waals surface area contributed by atoms with E-state index in [9.17, 15) is 9.50 Å². The lowest BCUT2D eigenvalue weighted by Gasteiger charge is -2.14. The van der Waals surface area contributed by atoms with Gasteiger partial charge in [-0.05, 0) is 93.3 Å². The second-order valence-corrected chi connectivity index (χ2v) is 6.59. The van der Waals surface area contributed by atoms with Crippen LogP contribution in [-0.4, -0.2) is 18.3 Å². The maximum absolute atomic E-state index is 13.6. The Balaban J connectivity index is 2.21. The van der Waals surface area contributed by atoms with Gasteiger partial charge in [-0.3, -0.25) is 0 Å². The first kappa shape index (κ1) is 22.4. The van der Waals surface area contributed by atoms with Crippen LogP contribution in [0.4, 0.5) is 4.39 Å². The van der Waals surface area contributed by atoms with Crippen LogP contribution in [0.2, 0.25) is 0 Å². The van der Waals surface area contributed by atoms with Gasteiger partial charge in [-0.1, -0.05) is 18.2 Å². The Bertz CT molecular complexity index is 881. The van der Waals surface area contributed by atoms with E-state index in [2.05, 4.69) is 0 Å². The summed E-state index contributed by atoms with van der Waals surface area (Å²) in [5, 5.41) is 9.63. The van der Waals surface area contributed by atoms with Crippen LogP contribution >= 0.6 is 0 Å². The van der Waals surface area contributed by atoms with Crippen molar-refractivity contribution in [1.29, 1.82) is 0 Å². The van der Waals surface area contributed by atoms with Gasteiger partial charge >= 0.3 is 0 Å². The van der Waals surface area contributed by atoms with E-state index in [1.807, 2.05) is 57.2 Å². The molecular weight excluding hydrogens is 367 g/mol. The van der Waals surface area contributed by atoms with Gasteiger partial charge in [0.25, 0.3) is 0 Å². The van der Waals surface area contributed by atoms with E-state index >= 15 is 0 Å². The van der Waals surface area contributed by atoms with Crippen molar-refractivity contribution in [3.8, 4) is 5.75 Å². The third-order valence-corrected chi connectivity index (χ3v) is 4.34. The van der Waals surface area contributed by atoms with E-state index in [-0.39, 0.29) is 11.6 Å². The van der Waals surface area contributed by atoms with E-state index in [4.69, 9.17) is 9.47 Å². The molecule has 0 aliphatic carbocycles. The highest BCUT2D eigenvalue weighted by molar-refractivity contribution is 5.64. The number of halogens is 1. The third-order valence-electron chi connectivity index (χ3n) is 4.34. The number of hydrogen-bond donors (Lipinski definition) is 1. The van der Waals surface area contributed by atoms with E-state index in [0.29, 0.717) is 24.7 Å². The molecule has 2 rings (SSSR count). The highest BCUT2D eigenvalue weighted by Crippen LogP contribution is 2.25. The topological polar surface area (TPSA) is 38.7 Å². The number of aromatic hydroxyl groups is 1. The van der Waals surface area contributed by atoms with Crippen LogP contribution in [-0.2, 0) is 15.9 Å². The van der Waals surface area contributed by atoms with Gasteiger partial charge in [-0.25, -0.2) is 4.39 Å². The van der Waals surface area contributed by atoms with Crippen LogP contribution in [0.1, 0.15) is 37.0 Å². The Hall–Kier alpha value is -2.85. The number of ether oxygens (including phenoxy) is 2. The zero-order valence-corrected chi connectivity index (χ0v) is 17.3. The fourth-order valence-electron chi connectivity index (χ4n) is 2.86. The monoisotopic (exact) mass is 396 g/mol. The van der Waals surface area contributed by atoms with Crippen LogP contribution in [0.5, 0.6) is 5.75 Å². The lowest BCUT2D eigenvalue weighted by Crippen LogP contribution is -1.97. The number of phenolic OH excluding ortho intramolecular Hbond substituents is 1. The van der Waals surface area contributed by atoms with Gasteiger partial charge in [-0.15, -0.1) is 0 Å². The molecular formula is C25H29FO3. The fraction of sp³-hybridized carbons (Fsp3) is 0.280. The first-order valence-electron chi connectivity index (χ1n) is 9.86. The van der Waals surface area contributed by atoms with Crippen molar-refractivity contribution in [2.45, 2.75) is 33.6 Å². The van der Waals surface area contributed by atoms with Crippen LogP contribution in [0.3, 0.4) is 0 Å². The van der Waals surface area contributed by atoms with E-state index in [1.165, 1.54) is 12.1 Å². The first-order chi connectivity index (χ1) is 14.0. The molecule has 2 aromatic carbocycles. The molecule has 0 unspecified atom stereocenters. The van der Waals surface area contributed by atoms with Gasteiger partial charge in [-0.2, -0.15) is 0 Å². The highest BCUT2D eigenvalue weighted by Gasteiger charge is 2.09. The van der Waals surface area contributed by atoms with Gasteiger partial charge in [0.05, 0.1) is 6.61 Å². The van der Waals surface area contributed by atoms with Crippen LogP contribution in [0.15, 0.2) is 72.5 Å². The number of allylic oxidation sites excluding steroid dienone is 3. The maximum Gasteiger partial charge on any atom is 0.130 e. The zero-order valence-electron chi connectivity index (χ0n) is 17.3. The van der Waals surface area contributed by atoms with Crippen molar-refractivity contribution < 1.29 is 19.0 Å². The fourth-order valence-corrected chi connectivity index (χ4v) is 2.86. The Morgan fingerprint density at radius 2 is 2.00 bits per heavy atom. The molecule has 1 N–H and O–H groups in total. The predicted molar refractivity (Wildman–Crippen MR) is 116 cm³/mol. The minimum atomic E-state index is -0.270. The van der Waals surface area contributed by atoms with Crippen molar-refractivity contribution in [2.75, 3.05) is 13.2 Å². The molecule has 4 heteroatoms. The first-order valence-corrected chi connectivity index (χ1v) is 9.86. The maximum atomic E-state index is 13.6. The largest absolute Gasteiger partial charge is 0.508 e. The van der Waals surface area contributed by atoms with E-state index < -0.39 is 0 Å². The Kier molecular flexibility index (Phi) is 9.19. The van der Waals surface area contributed by atoms with Gasteiger partial charge < -0.3 is 14.6 Å². The Morgan fingerprint density at radius 3 is 2.69 bits per heavy atom. The summed E-state index contributed by atoms with van der Waals surface area (Å²) in [5.41, 5.74) is 2.70. The van der Waals surface area contributed by atoms with Crippen LogP contribution < -0.4 is 0 Å². The number of phenols is 1. The Labute approximate surface area is 172 Å². The standard InChI is InChI=1S/C25H29FO3/c1-4-23(12-8-16-28-5-2)29-25(24-15-14-21(26)17-19(24)3)13-7-10-20-9-6-11-22(27)18-20/h4,6,8-9,11-15,17-18,27H,5,7,10,16H2,1-3H3/b12-8-,23-4+,25-13+. The van der Waals surface area contributed by atoms with Crippen LogP contribution in [0.25, 0.3) is 5.76 Å². The molecule has 0 amide bonds. The highest BCUT2D eigenvalue weighted by atomic mass is 19.1. The normalized spacial score (nSPS) is 12.6. The summed E-state index contributed by atoms with van der Waals surface area (Å²) in [6, 6.07) is 11.9. The molecule has 3 nitrogen and oxygen atoms in total. The summed E-state index contributed by atoms with van der Waals surface area (Å²) in [4.78, 5) is 0. The summed E-state index contributed by atoms with van der Waals surface area (Å²) in [6.07, 6.45) is 9.13. The Morgan fingerprint density at radius 1 is 1.17 bits per heavy atom. The average Bonchev–Trinajstić information content (AvgIpc) is 2.69. The molecule has 0 saturated heterocycles. The SMILES string of the molecule is C/C=C(\C=C/COCC)O/C(=C/CCc1cccc(O)c1)c1ccc(F)cc1C. The van der Waals surface area contributed by atoms with Gasteiger partial charge in [0.2, 0.25) is 0 Å². The molecule has 0 heterocycles. The summed E-state index contributed by atoms with van der Waals surface area (Å²) < 4.78 is 25.1. The quantitative estimate of drug-likeness (QED) is 0.290. The molecule has 154 valence electrons. The van der Waals surface area contributed by atoms with Crippen LogP contribution in [0, 0.1) is 12.7 Å². The lowest BCUT2D eigenvalue weighted by atomic mass is 10.0. The van der Waals surface area contributed by atoms with Crippen molar-refractivity contribution >= 4 is 5.76 Å². The number of hydrogen-bond acceptors (Lipinski definition) is 3. The summed E-state index contributed by atoms with van der Waals surface area (Å²) in [5.74, 6) is 1.36. The smallest absolute Gasteiger partial charge is 0.130 e. The predicted octanol–water partition coefficient (Wildman–Crippen LogP) is 6.33. The van der Waals surface area contributed by atoms with Gasteiger partial charge in [0.15, 0.2) is 0 Å². The molecule has 0 bridgehead atoms. The van der Waals surface area contributed by atoms with Gasteiger partial charge in [0.1, 0.15) is 23.1 Å². The van der Waals surface area contributed by atoms with E-state index in [0.717, 1.165) is 29.5 Å². The molecule has 29 heavy (non-hydrogen) atoms. The summed E-state index contributed by atoms with van der Waals surface area (Å²) >= 11 is 0.